The zero-order valence-electron chi connectivity index (χ0n) is 10.9. The van der Waals surface area contributed by atoms with Crippen molar-refractivity contribution in [1.29, 1.82) is 0 Å². The summed E-state index contributed by atoms with van der Waals surface area (Å²) in [5, 5.41) is 0. The largest absolute Gasteiger partial charge is 0.465 e. The van der Waals surface area contributed by atoms with Gasteiger partial charge >= 0.3 is 0 Å². The molecular weight excluding hydrogens is 246 g/mol. The highest BCUT2D eigenvalue weighted by Gasteiger charge is 2.22. The van der Waals surface area contributed by atoms with Crippen LogP contribution in [0.25, 0.3) is 0 Å². The number of hydrogen-bond donors (Lipinski definition) is 0. The highest BCUT2D eigenvalue weighted by Crippen LogP contribution is 2.23. The van der Waals surface area contributed by atoms with Gasteiger partial charge in [-0.1, -0.05) is 6.07 Å². The van der Waals surface area contributed by atoms with Gasteiger partial charge in [-0.2, -0.15) is 0 Å². The smallest absolute Gasteiger partial charge is 0.293 e. The van der Waals surface area contributed by atoms with Crippen LogP contribution in [0.3, 0.4) is 0 Å². The van der Waals surface area contributed by atoms with Gasteiger partial charge in [0.25, 0.3) is 6.47 Å². The Bertz CT molecular complexity index is 461. The Hall–Kier alpha value is -1.88. The molecule has 2 rings (SSSR count). The van der Waals surface area contributed by atoms with Crippen LogP contribution < -0.4 is 4.90 Å². The van der Waals surface area contributed by atoms with E-state index < -0.39 is 0 Å². The molecule has 1 heterocycles. The number of morpholine rings is 1. The van der Waals surface area contributed by atoms with Crippen LogP contribution in [0.15, 0.2) is 18.2 Å². The number of aryl methyl sites for hydroxylation is 1. The van der Waals surface area contributed by atoms with Crippen molar-refractivity contribution < 1.29 is 19.1 Å². The minimum absolute atomic E-state index is 0.154. The Kier molecular flexibility index (Phi) is 4.52. The Balaban J connectivity index is 2.14. The number of carbonyl (C=O) groups is 2. The fourth-order valence-electron chi connectivity index (χ4n) is 2.21. The predicted molar refractivity (Wildman–Crippen MR) is 70.5 cm³/mol. The molecule has 102 valence electrons. The summed E-state index contributed by atoms with van der Waals surface area (Å²) in [7, 11) is 0. The Morgan fingerprint density at radius 3 is 3.05 bits per heavy atom. The highest BCUT2D eigenvalue weighted by molar-refractivity contribution is 5.85. The molecule has 0 saturated carbocycles. The van der Waals surface area contributed by atoms with Gasteiger partial charge in [-0.15, -0.1) is 0 Å². The number of anilines is 1. The third-order valence-corrected chi connectivity index (χ3v) is 3.14. The van der Waals surface area contributed by atoms with Gasteiger partial charge in [-0.05, 0) is 24.6 Å². The van der Waals surface area contributed by atoms with Crippen LogP contribution >= 0.6 is 0 Å². The first-order valence-electron chi connectivity index (χ1n) is 6.22. The van der Waals surface area contributed by atoms with Gasteiger partial charge in [0, 0.05) is 24.3 Å². The van der Waals surface area contributed by atoms with Gasteiger partial charge in [0.05, 0.1) is 6.61 Å². The number of carbonyl (C=O) groups excluding carboxylic acids is 2. The molecule has 19 heavy (non-hydrogen) atoms. The number of hydrogen-bond acceptors (Lipinski definition) is 5. The van der Waals surface area contributed by atoms with Crippen molar-refractivity contribution in [3.63, 3.8) is 0 Å². The molecule has 0 aliphatic carbocycles. The molecule has 1 aliphatic heterocycles. The topological polar surface area (TPSA) is 55.8 Å². The molecule has 5 heteroatoms. The van der Waals surface area contributed by atoms with Crippen molar-refractivity contribution in [1.82, 2.24) is 0 Å². The van der Waals surface area contributed by atoms with E-state index in [1.165, 1.54) is 0 Å². The maximum absolute atomic E-state index is 11.1. The van der Waals surface area contributed by atoms with Crippen molar-refractivity contribution in [2.75, 3.05) is 31.2 Å². The lowest BCUT2D eigenvalue weighted by atomic mass is 10.1. The summed E-state index contributed by atoms with van der Waals surface area (Å²) < 4.78 is 10.3. The summed E-state index contributed by atoms with van der Waals surface area (Å²) in [5.74, 6) is 0. The van der Waals surface area contributed by atoms with E-state index in [2.05, 4.69) is 4.90 Å². The summed E-state index contributed by atoms with van der Waals surface area (Å²) in [6, 6.07) is 5.73. The van der Waals surface area contributed by atoms with Crippen LogP contribution in [0.4, 0.5) is 5.69 Å². The molecule has 0 radical (unpaired) electrons. The normalized spacial score (nSPS) is 19.0. The predicted octanol–water partition coefficient (Wildman–Crippen LogP) is 1.19. The Labute approximate surface area is 112 Å². The van der Waals surface area contributed by atoms with Gasteiger partial charge < -0.3 is 14.4 Å². The van der Waals surface area contributed by atoms with E-state index in [-0.39, 0.29) is 12.7 Å². The van der Waals surface area contributed by atoms with Gasteiger partial charge in [0.2, 0.25) is 0 Å². The summed E-state index contributed by atoms with van der Waals surface area (Å²) in [4.78, 5) is 23.4. The average Bonchev–Trinajstić information content (AvgIpc) is 2.45. The molecule has 1 fully saturated rings. The van der Waals surface area contributed by atoms with Crippen LogP contribution in [0.1, 0.15) is 15.9 Å². The van der Waals surface area contributed by atoms with E-state index in [0.717, 1.165) is 24.1 Å². The van der Waals surface area contributed by atoms with Gasteiger partial charge in [-0.25, -0.2) is 0 Å². The minimum atomic E-state index is -0.154. The van der Waals surface area contributed by atoms with Crippen molar-refractivity contribution in [3.05, 3.63) is 29.3 Å². The summed E-state index contributed by atoms with van der Waals surface area (Å²) in [6.45, 7) is 4.54. The van der Waals surface area contributed by atoms with E-state index in [0.29, 0.717) is 25.2 Å². The lowest BCUT2D eigenvalue weighted by Gasteiger charge is -2.34. The SMILES string of the molecule is Cc1ccc(C=O)c(N2CCOC(COC=O)C2)c1. The molecule has 5 nitrogen and oxygen atoms in total. The fraction of sp³-hybridized carbons (Fsp3) is 0.429. The molecule has 1 aromatic carbocycles. The molecule has 1 unspecified atom stereocenters. The molecule has 1 saturated heterocycles. The molecule has 1 atom stereocenters. The first-order valence-corrected chi connectivity index (χ1v) is 6.22. The number of ether oxygens (including phenoxy) is 2. The number of benzene rings is 1. The van der Waals surface area contributed by atoms with Crippen LogP contribution in [0, 0.1) is 6.92 Å². The number of nitrogens with zero attached hydrogens (tertiary/aromatic N) is 1. The van der Waals surface area contributed by atoms with E-state index in [1.54, 1.807) is 0 Å². The molecule has 1 aliphatic rings. The number of aldehydes is 1. The van der Waals surface area contributed by atoms with Crippen LogP contribution in [0.2, 0.25) is 0 Å². The first kappa shape index (κ1) is 13.5. The standard InChI is InChI=1S/C14H17NO4/c1-11-2-3-12(8-16)14(6-11)15-4-5-19-13(7-15)9-18-10-17/h2-3,6,8,10,13H,4-5,7,9H2,1H3. The molecule has 1 aromatic rings. The van der Waals surface area contributed by atoms with E-state index in [1.807, 2.05) is 25.1 Å². The first-order chi connectivity index (χ1) is 9.24. The van der Waals surface area contributed by atoms with Crippen LogP contribution in [-0.4, -0.2) is 45.2 Å². The third kappa shape index (κ3) is 3.32. The lowest BCUT2D eigenvalue weighted by molar-refractivity contribution is -0.133. The zero-order chi connectivity index (χ0) is 13.7. The molecule has 0 amide bonds. The van der Waals surface area contributed by atoms with E-state index >= 15 is 0 Å². The maximum atomic E-state index is 11.1. The second-order valence-electron chi connectivity index (χ2n) is 4.55. The monoisotopic (exact) mass is 263 g/mol. The molecule has 0 bridgehead atoms. The van der Waals surface area contributed by atoms with Gasteiger partial charge in [0.15, 0.2) is 6.29 Å². The van der Waals surface area contributed by atoms with Crippen molar-refractivity contribution in [3.8, 4) is 0 Å². The second-order valence-corrected chi connectivity index (χ2v) is 4.55. The van der Waals surface area contributed by atoms with Crippen molar-refractivity contribution in [2.45, 2.75) is 13.0 Å². The average molecular weight is 263 g/mol. The molecule has 0 N–H and O–H groups in total. The van der Waals surface area contributed by atoms with Gasteiger partial charge in [0.1, 0.15) is 12.7 Å². The van der Waals surface area contributed by atoms with Crippen molar-refractivity contribution in [2.24, 2.45) is 0 Å². The van der Waals surface area contributed by atoms with E-state index in [9.17, 15) is 9.59 Å². The summed E-state index contributed by atoms with van der Waals surface area (Å²) >= 11 is 0. The zero-order valence-corrected chi connectivity index (χ0v) is 10.9. The van der Waals surface area contributed by atoms with Gasteiger partial charge in [-0.3, -0.25) is 9.59 Å². The molecule has 0 spiro atoms. The Morgan fingerprint density at radius 2 is 2.32 bits per heavy atom. The highest BCUT2D eigenvalue weighted by atomic mass is 16.6. The minimum Gasteiger partial charge on any atom is -0.465 e. The maximum Gasteiger partial charge on any atom is 0.293 e. The Morgan fingerprint density at radius 1 is 1.47 bits per heavy atom. The quantitative estimate of drug-likeness (QED) is 0.747. The molecular formula is C14H17NO4. The van der Waals surface area contributed by atoms with Crippen molar-refractivity contribution >= 4 is 18.4 Å². The summed E-state index contributed by atoms with van der Waals surface area (Å²) in [5.41, 5.74) is 2.68. The lowest BCUT2D eigenvalue weighted by Crippen LogP contribution is -2.44. The van der Waals surface area contributed by atoms with Crippen LogP contribution in [0.5, 0.6) is 0 Å². The third-order valence-electron chi connectivity index (χ3n) is 3.14. The number of rotatable bonds is 5. The van der Waals surface area contributed by atoms with Crippen LogP contribution in [-0.2, 0) is 14.3 Å². The van der Waals surface area contributed by atoms with E-state index in [4.69, 9.17) is 9.47 Å². The summed E-state index contributed by atoms with van der Waals surface area (Å²) in [6.07, 6.45) is 0.709. The molecule has 0 aromatic heterocycles. The second kappa shape index (κ2) is 6.33. The fourth-order valence-corrected chi connectivity index (χ4v) is 2.21.